The number of hydrogen-bond donors (Lipinski definition) is 2. The molecule has 2 aromatic carbocycles. The maximum absolute atomic E-state index is 13.2. The van der Waals surface area contributed by atoms with E-state index < -0.39 is 0 Å². The van der Waals surface area contributed by atoms with Crippen LogP contribution < -0.4 is 16.0 Å². The largest absolute Gasteiger partial charge is 0.366 e. The smallest absolute Gasteiger partial charge is 0.274 e. The first kappa shape index (κ1) is 22.8. The fourth-order valence-electron chi connectivity index (χ4n) is 4.22. The molecule has 0 atom stereocenters. The minimum atomic E-state index is -0.324. The third-order valence-corrected chi connectivity index (χ3v) is 6.27. The first-order valence-corrected chi connectivity index (χ1v) is 11.6. The topological polar surface area (TPSA) is 109 Å². The fourth-order valence-corrected chi connectivity index (χ4v) is 4.41. The molecule has 0 bridgehead atoms. The van der Waals surface area contributed by atoms with Gasteiger partial charge in [0.25, 0.3) is 5.91 Å². The van der Waals surface area contributed by atoms with Crippen LogP contribution in [0.2, 0.25) is 5.02 Å². The number of para-hydroxylation sites is 2. The highest BCUT2D eigenvalue weighted by Gasteiger charge is 2.22. The summed E-state index contributed by atoms with van der Waals surface area (Å²) in [7, 11) is 0. The third-order valence-electron chi connectivity index (χ3n) is 6.04. The number of carbonyl (C=O) groups is 2. The molecule has 0 aliphatic carbocycles. The Morgan fingerprint density at radius 2 is 1.83 bits per heavy atom. The van der Waals surface area contributed by atoms with Crippen LogP contribution in [0, 0.1) is 0 Å². The van der Waals surface area contributed by atoms with Crippen molar-refractivity contribution in [2.75, 3.05) is 42.9 Å². The van der Waals surface area contributed by atoms with Gasteiger partial charge < -0.3 is 20.9 Å². The van der Waals surface area contributed by atoms with Crippen molar-refractivity contribution in [1.82, 2.24) is 19.5 Å². The van der Waals surface area contributed by atoms with Gasteiger partial charge in [-0.2, -0.15) is 5.10 Å². The maximum Gasteiger partial charge on any atom is 0.274 e. The number of fused-ring (bicyclic) bond motifs is 1. The lowest BCUT2D eigenvalue weighted by Crippen LogP contribution is -2.50. The van der Waals surface area contributed by atoms with E-state index in [2.05, 4.69) is 20.3 Å². The minimum absolute atomic E-state index is 0.0141. The first-order chi connectivity index (χ1) is 17.0. The van der Waals surface area contributed by atoms with Crippen molar-refractivity contribution < 1.29 is 9.59 Å². The zero-order valence-corrected chi connectivity index (χ0v) is 19.7. The zero-order valence-electron chi connectivity index (χ0n) is 18.9. The van der Waals surface area contributed by atoms with Gasteiger partial charge in [0.15, 0.2) is 5.65 Å². The Morgan fingerprint density at radius 1 is 1.03 bits per heavy atom. The van der Waals surface area contributed by atoms with Gasteiger partial charge in [0.1, 0.15) is 5.69 Å². The van der Waals surface area contributed by atoms with Crippen LogP contribution in [0.4, 0.5) is 11.4 Å². The van der Waals surface area contributed by atoms with Crippen molar-refractivity contribution in [3.05, 3.63) is 77.7 Å². The van der Waals surface area contributed by atoms with E-state index >= 15 is 0 Å². The quantitative estimate of drug-likeness (QED) is 0.446. The van der Waals surface area contributed by atoms with Gasteiger partial charge in [-0.1, -0.05) is 35.9 Å². The van der Waals surface area contributed by atoms with E-state index in [-0.39, 0.29) is 24.1 Å². The van der Waals surface area contributed by atoms with Gasteiger partial charge in [-0.3, -0.25) is 9.59 Å². The van der Waals surface area contributed by atoms with Crippen molar-refractivity contribution in [1.29, 1.82) is 0 Å². The molecule has 0 spiro atoms. The number of rotatable bonds is 5. The van der Waals surface area contributed by atoms with Crippen molar-refractivity contribution in [2.45, 2.75) is 0 Å². The summed E-state index contributed by atoms with van der Waals surface area (Å²) in [5, 5.41) is 7.96. The van der Waals surface area contributed by atoms with Gasteiger partial charge in [-0.15, -0.1) is 0 Å². The Bertz CT molecular complexity index is 1400. The highest BCUT2D eigenvalue weighted by Crippen LogP contribution is 2.28. The van der Waals surface area contributed by atoms with Crippen LogP contribution in [0.3, 0.4) is 0 Å². The molecule has 0 radical (unpaired) electrons. The molecule has 1 saturated heterocycles. The SMILES string of the molecule is NCC(=O)N1CCN(c2ccccc2NC(=O)c2ccn3ncc(-c4cccc(Cl)c4)c3n2)CC1. The monoisotopic (exact) mass is 489 g/mol. The molecule has 0 unspecified atom stereocenters. The normalized spacial score (nSPS) is 13.8. The van der Waals surface area contributed by atoms with E-state index in [1.54, 1.807) is 33.9 Å². The fraction of sp³-hybridized carbons (Fsp3) is 0.200. The average Bonchev–Trinajstić information content (AvgIpc) is 3.32. The van der Waals surface area contributed by atoms with Gasteiger partial charge in [0, 0.05) is 43.0 Å². The molecular formula is C25H24ClN7O2. The predicted molar refractivity (Wildman–Crippen MR) is 136 cm³/mol. The second-order valence-corrected chi connectivity index (χ2v) is 8.63. The maximum atomic E-state index is 13.2. The van der Waals surface area contributed by atoms with Gasteiger partial charge in [-0.05, 0) is 35.9 Å². The Kier molecular flexibility index (Phi) is 6.35. The van der Waals surface area contributed by atoms with Gasteiger partial charge in [0.2, 0.25) is 5.91 Å². The van der Waals surface area contributed by atoms with Crippen LogP contribution in [0.5, 0.6) is 0 Å². The van der Waals surface area contributed by atoms with Gasteiger partial charge >= 0.3 is 0 Å². The predicted octanol–water partition coefficient (Wildman–Crippen LogP) is 2.91. The summed E-state index contributed by atoms with van der Waals surface area (Å²) in [5.41, 5.74) is 9.56. The molecule has 3 N–H and O–H groups in total. The molecule has 4 aromatic rings. The lowest BCUT2D eigenvalue weighted by atomic mass is 10.1. The lowest BCUT2D eigenvalue weighted by Gasteiger charge is -2.36. The number of piperazine rings is 1. The molecule has 3 heterocycles. The van der Waals surface area contributed by atoms with E-state index in [0.717, 1.165) is 16.8 Å². The number of hydrogen-bond acceptors (Lipinski definition) is 6. The first-order valence-electron chi connectivity index (χ1n) is 11.3. The van der Waals surface area contributed by atoms with Crippen molar-refractivity contribution >= 4 is 40.4 Å². The third kappa shape index (κ3) is 4.68. The summed E-state index contributed by atoms with van der Waals surface area (Å²) in [6.45, 7) is 2.50. The number of halogens is 1. The molecule has 1 aliphatic rings. The minimum Gasteiger partial charge on any atom is -0.366 e. The number of carbonyl (C=O) groups excluding carboxylic acids is 2. The molecule has 2 aromatic heterocycles. The summed E-state index contributed by atoms with van der Waals surface area (Å²) in [4.78, 5) is 33.6. The van der Waals surface area contributed by atoms with Gasteiger partial charge in [0.05, 0.1) is 24.1 Å². The van der Waals surface area contributed by atoms with Crippen LogP contribution >= 0.6 is 11.6 Å². The van der Waals surface area contributed by atoms with Crippen LogP contribution in [0.1, 0.15) is 10.5 Å². The lowest BCUT2D eigenvalue weighted by molar-refractivity contribution is -0.129. The molecule has 35 heavy (non-hydrogen) atoms. The van der Waals surface area contributed by atoms with E-state index in [1.807, 2.05) is 42.5 Å². The molecule has 5 rings (SSSR count). The van der Waals surface area contributed by atoms with Crippen LogP contribution in [-0.2, 0) is 4.79 Å². The molecule has 1 aliphatic heterocycles. The second kappa shape index (κ2) is 9.73. The Morgan fingerprint density at radius 3 is 2.60 bits per heavy atom. The number of nitrogens with two attached hydrogens (primary N) is 1. The van der Waals surface area contributed by atoms with Gasteiger partial charge in [-0.25, -0.2) is 9.50 Å². The van der Waals surface area contributed by atoms with E-state index in [4.69, 9.17) is 17.3 Å². The zero-order chi connectivity index (χ0) is 24.4. The molecule has 2 amide bonds. The van der Waals surface area contributed by atoms with Crippen molar-refractivity contribution in [3.8, 4) is 11.1 Å². The molecular weight excluding hydrogens is 466 g/mol. The number of amides is 2. The number of anilines is 2. The molecule has 10 heteroatoms. The highest BCUT2D eigenvalue weighted by atomic mass is 35.5. The summed E-state index contributed by atoms with van der Waals surface area (Å²) in [6.07, 6.45) is 3.42. The Labute approximate surface area is 207 Å². The van der Waals surface area contributed by atoms with E-state index in [0.29, 0.717) is 42.5 Å². The molecule has 178 valence electrons. The second-order valence-electron chi connectivity index (χ2n) is 8.19. The standard InChI is InChI=1S/C25H24ClN7O2/c26-18-5-3-4-17(14-18)19-16-28-33-9-8-21(29-24(19)33)25(35)30-20-6-1-2-7-22(20)31-10-12-32(13-11-31)23(34)15-27/h1-9,14,16H,10-13,15,27H2,(H,30,35). The molecule has 0 saturated carbocycles. The van der Waals surface area contributed by atoms with Crippen molar-refractivity contribution in [2.24, 2.45) is 5.73 Å². The number of nitrogens with zero attached hydrogens (tertiary/aromatic N) is 5. The summed E-state index contributed by atoms with van der Waals surface area (Å²) >= 11 is 6.15. The summed E-state index contributed by atoms with van der Waals surface area (Å²) < 4.78 is 1.63. The average molecular weight is 490 g/mol. The van der Waals surface area contributed by atoms with Crippen LogP contribution in [-0.4, -0.2) is 64.0 Å². The van der Waals surface area contributed by atoms with E-state index in [1.165, 1.54) is 0 Å². The Hall–Kier alpha value is -3.95. The number of nitrogens with one attached hydrogen (secondary N) is 1. The van der Waals surface area contributed by atoms with Crippen LogP contribution in [0.15, 0.2) is 67.0 Å². The van der Waals surface area contributed by atoms with Crippen LogP contribution in [0.25, 0.3) is 16.8 Å². The Balaban J connectivity index is 1.38. The van der Waals surface area contributed by atoms with Crippen molar-refractivity contribution in [3.63, 3.8) is 0 Å². The number of aromatic nitrogens is 3. The molecule has 1 fully saturated rings. The number of benzene rings is 2. The van der Waals surface area contributed by atoms with E-state index in [9.17, 15) is 9.59 Å². The molecule has 9 nitrogen and oxygen atoms in total. The summed E-state index contributed by atoms with van der Waals surface area (Å²) in [5.74, 6) is -0.375. The highest BCUT2D eigenvalue weighted by molar-refractivity contribution is 6.30. The summed E-state index contributed by atoms with van der Waals surface area (Å²) in [6, 6.07) is 16.7.